The Labute approximate surface area is 186 Å². The molecular formula is C20H35IN4O3. The normalized spacial score (nSPS) is 16.3. The molecule has 0 saturated carbocycles. The van der Waals surface area contributed by atoms with E-state index >= 15 is 0 Å². The largest absolute Gasteiger partial charge is 0.493 e. The molecule has 0 bridgehead atoms. The Morgan fingerprint density at radius 1 is 1.25 bits per heavy atom. The number of ether oxygens (including phenoxy) is 3. The maximum absolute atomic E-state index is 5.57. The molecule has 1 aliphatic heterocycles. The van der Waals surface area contributed by atoms with Crippen molar-refractivity contribution in [1.82, 2.24) is 10.2 Å². The molecule has 7 nitrogen and oxygen atoms in total. The fourth-order valence-electron chi connectivity index (χ4n) is 3.23. The van der Waals surface area contributed by atoms with Crippen LogP contribution in [0.2, 0.25) is 0 Å². The van der Waals surface area contributed by atoms with E-state index in [4.69, 9.17) is 14.2 Å². The number of anilines is 1. The summed E-state index contributed by atoms with van der Waals surface area (Å²) in [4.78, 5) is 6.85. The van der Waals surface area contributed by atoms with Crippen LogP contribution in [0, 0.1) is 5.92 Å². The highest BCUT2D eigenvalue weighted by atomic mass is 127. The molecule has 1 aliphatic rings. The maximum Gasteiger partial charge on any atom is 0.195 e. The molecule has 0 aromatic heterocycles. The fourth-order valence-corrected chi connectivity index (χ4v) is 3.23. The first kappa shape index (κ1) is 24.8. The Balaban J connectivity index is 0.00000392. The molecule has 1 saturated heterocycles. The van der Waals surface area contributed by atoms with Gasteiger partial charge in [0.15, 0.2) is 17.5 Å². The summed E-state index contributed by atoms with van der Waals surface area (Å²) in [6.45, 7) is 11.5. The number of hydrogen-bond acceptors (Lipinski definition) is 5. The van der Waals surface area contributed by atoms with Gasteiger partial charge in [-0.1, -0.05) is 13.8 Å². The number of nitrogens with one attached hydrogen (secondary N) is 2. The van der Waals surface area contributed by atoms with E-state index in [0.717, 1.165) is 50.2 Å². The predicted molar refractivity (Wildman–Crippen MR) is 126 cm³/mol. The van der Waals surface area contributed by atoms with E-state index in [-0.39, 0.29) is 24.0 Å². The highest BCUT2D eigenvalue weighted by Gasteiger charge is 2.23. The standard InChI is InChI=1S/C20H34N4O3.HI/c1-6-27-18-8-7-16(13-19(18)25-5)23-20(21-4)22-14-17(15(2)3)24-9-11-26-12-10-24;/h7-8,13,15,17H,6,9-12,14H2,1-5H3,(H2,21,22,23);1H. The van der Waals surface area contributed by atoms with Crippen molar-refractivity contribution in [2.45, 2.75) is 26.8 Å². The van der Waals surface area contributed by atoms with Crippen LogP contribution in [-0.4, -0.2) is 70.5 Å². The lowest BCUT2D eigenvalue weighted by atomic mass is 10.0. The molecule has 2 N–H and O–H groups in total. The number of rotatable bonds is 8. The first-order valence-electron chi connectivity index (χ1n) is 9.69. The topological polar surface area (TPSA) is 67.4 Å². The van der Waals surface area contributed by atoms with Gasteiger partial charge in [0.1, 0.15) is 0 Å². The van der Waals surface area contributed by atoms with Gasteiger partial charge in [-0.15, -0.1) is 24.0 Å². The molecule has 1 fully saturated rings. The van der Waals surface area contributed by atoms with E-state index in [1.807, 2.05) is 25.1 Å². The van der Waals surface area contributed by atoms with Crippen molar-refractivity contribution in [3.05, 3.63) is 18.2 Å². The third-order valence-corrected chi connectivity index (χ3v) is 4.71. The molecular weight excluding hydrogens is 471 g/mol. The van der Waals surface area contributed by atoms with Crippen molar-refractivity contribution >= 4 is 35.6 Å². The molecule has 1 heterocycles. The molecule has 8 heteroatoms. The van der Waals surface area contributed by atoms with E-state index in [1.165, 1.54) is 0 Å². The molecule has 1 aromatic carbocycles. The van der Waals surface area contributed by atoms with E-state index in [2.05, 4.69) is 34.4 Å². The lowest BCUT2D eigenvalue weighted by Crippen LogP contribution is -2.51. The zero-order chi connectivity index (χ0) is 19.6. The minimum absolute atomic E-state index is 0. The minimum atomic E-state index is 0. The summed E-state index contributed by atoms with van der Waals surface area (Å²) in [6, 6.07) is 6.22. The number of hydrogen-bond donors (Lipinski definition) is 2. The summed E-state index contributed by atoms with van der Waals surface area (Å²) >= 11 is 0. The van der Waals surface area contributed by atoms with Crippen LogP contribution in [0.4, 0.5) is 5.69 Å². The number of nitrogens with zero attached hydrogens (tertiary/aromatic N) is 2. The van der Waals surface area contributed by atoms with Crippen molar-refractivity contribution < 1.29 is 14.2 Å². The zero-order valence-corrected chi connectivity index (χ0v) is 20.0. The smallest absolute Gasteiger partial charge is 0.195 e. The van der Waals surface area contributed by atoms with Gasteiger partial charge in [-0.25, -0.2) is 0 Å². The minimum Gasteiger partial charge on any atom is -0.493 e. The third-order valence-electron chi connectivity index (χ3n) is 4.71. The lowest BCUT2D eigenvalue weighted by Gasteiger charge is -2.37. The molecule has 0 radical (unpaired) electrons. The average molecular weight is 506 g/mol. The zero-order valence-electron chi connectivity index (χ0n) is 17.7. The first-order valence-corrected chi connectivity index (χ1v) is 9.69. The molecule has 1 atom stereocenters. The van der Waals surface area contributed by atoms with Gasteiger partial charge in [0.2, 0.25) is 0 Å². The Bertz CT molecular complexity index is 607. The number of aliphatic imine (C=N–C) groups is 1. The highest BCUT2D eigenvalue weighted by Crippen LogP contribution is 2.30. The second-order valence-corrected chi connectivity index (χ2v) is 6.84. The van der Waals surface area contributed by atoms with Crippen molar-refractivity contribution in [2.24, 2.45) is 10.9 Å². The van der Waals surface area contributed by atoms with Crippen LogP contribution in [0.3, 0.4) is 0 Å². The van der Waals surface area contributed by atoms with Gasteiger partial charge in [0.25, 0.3) is 0 Å². The molecule has 0 spiro atoms. The summed E-state index contributed by atoms with van der Waals surface area (Å²) < 4.78 is 16.5. The Morgan fingerprint density at radius 2 is 1.96 bits per heavy atom. The van der Waals surface area contributed by atoms with E-state index in [0.29, 0.717) is 24.3 Å². The van der Waals surface area contributed by atoms with Crippen LogP contribution in [-0.2, 0) is 4.74 Å². The van der Waals surface area contributed by atoms with Gasteiger partial charge in [0.05, 0.1) is 26.9 Å². The SMILES string of the molecule is CCOc1ccc(NC(=NC)NCC(C(C)C)N2CCOCC2)cc1OC.I. The number of benzene rings is 1. The average Bonchev–Trinajstić information content (AvgIpc) is 2.69. The van der Waals surface area contributed by atoms with Gasteiger partial charge in [-0.3, -0.25) is 9.89 Å². The van der Waals surface area contributed by atoms with Gasteiger partial charge < -0.3 is 24.8 Å². The van der Waals surface area contributed by atoms with Gasteiger partial charge >= 0.3 is 0 Å². The summed E-state index contributed by atoms with van der Waals surface area (Å²) in [6.07, 6.45) is 0. The van der Waals surface area contributed by atoms with E-state index in [1.54, 1.807) is 14.2 Å². The van der Waals surface area contributed by atoms with E-state index in [9.17, 15) is 0 Å². The molecule has 28 heavy (non-hydrogen) atoms. The van der Waals surface area contributed by atoms with Crippen LogP contribution in [0.5, 0.6) is 11.5 Å². The van der Waals surface area contributed by atoms with E-state index < -0.39 is 0 Å². The molecule has 1 unspecified atom stereocenters. The van der Waals surface area contributed by atoms with Gasteiger partial charge in [0, 0.05) is 44.5 Å². The second kappa shape index (κ2) is 13.1. The van der Waals surface area contributed by atoms with Crippen LogP contribution < -0.4 is 20.1 Å². The highest BCUT2D eigenvalue weighted by molar-refractivity contribution is 14.0. The van der Waals surface area contributed by atoms with Crippen molar-refractivity contribution in [3.63, 3.8) is 0 Å². The number of guanidine groups is 1. The molecule has 1 aromatic rings. The molecule has 160 valence electrons. The molecule has 2 rings (SSSR count). The Morgan fingerprint density at radius 3 is 2.54 bits per heavy atom. The predicted octanol–water partition coefficient (Wildman–Crippen LogP) is 3.06. The summed E-state index contributed by atoms with van der Waals surface area (Å²) in [5.41, 5.74) is 0.899. The van der Waals surface area contributed by atoms with Crippen molar-refractivity contribution in [1.29, 1.82) is 0 Å². The first-order chi connectivity index (χ1) is 13.1. The summed E-state index contributed by atoms with van der Waals surface area (Å²) in [7, 11) is 3.42. The fraction of sp³-hybridized carbons (Fsp3) is 0.650. The Kier molecular flexibility index (Phi) is 11.6. The maximum atomic E-state index is 5.57. The van der Waals surface area contributed by atoms with Crippen LogP contribution >= 0.6 is 24.0 Å². The molecule has 0 aliphatic carbocycles. The van der Waals surface area contributed by atoms with Crippen LogP contribution in [0.25, 0.3) is 0 Å². The molecule has 0 amide bonds. The second-order valence-electron chi connectivity index (χ2n) is 6.84. The Hall–Kier alpha value is -1.26. The number of methoxy groups -OCH3 is 1. The lowest BCUT2D eigenvalue weighted by molar-refractivity contribution is 0.00757. The number of morpholine rings is 1. The number of halogens is 1. The van der Waals surface area contributed by atoms with Crippen molar-refractivity contribution in [3.8, 4) is 11.5 Å². The quantitative estimate of drug-likeness (QED) is 0.321. The summed E-state index contributed by atoms with van der Waals surface area (Å²) in [5.74, 6) is 2.71. The third kappa shape index (κ3) is 7.29. The van der Waals surface area contributed by atoms with Crippen molar-refractivity contribution in [2.75, 3.05) is 58.9 Å². The van der Waals surface area contributed by atoms with Gasteiger partial charge in [-0.05, 0) is 25.0 Å². The van der Waals surface area contributed by atoms with Crippen LogP contribution in [0.15, 0.2) is 23.2 Å². The van der Waals surface area contributed by atoms with Gasteiger partial charge in [-0.2, -0.15) is 0 Å². The summed E-state index contributed by atoms with van der Waals surface area (Å²) in [5, 5.41) is 6.79. The van der Waals surface area contributed by atoms with Crippen LogP contribution in [0.1, 0.15) is 20.8 Å². The monoisotopic (exact) mass is 506 g/mol.